The molecule has 0 spiro atoms. The molecule has 0 bridgehead atoms. The lowest BCUT2D eigenvalue weighted by Gasteiger charge is -2.28. The number of ether oxygens (including phenoxy) is 1. The maximum atomic E-state index is 11.4. The number of carbonyl (C=O) groups is 2. The molecule has 27 heavy (non-hydrogen) atoms. The van der Waals surface area contributed by atoms with Gasteiger partial charge in [-0.2, -0.15) is 0 Å². The summed E-state index contributed by atoms with van der Waals surface area (Å²) in [6.45, 7) is 3.29. The normalized spacial score (nSPS) is 15.4. The van der Waals surface area contributed by atoms with Gasteiger partial charge in [0, 0.05) is 23.7 Å². The number of hydrogen-bond acceptors (Lipinski definition) is 4. The molecule has 2 heterocycles. The lowest BCUT2D eigenvalue weighted by atomic mass is 9.86. The minimum absolute atomic E-state index is 0.130. The van der Waals surface area contributed by atoms with Crippen LogP contribution in [0.15, 0.2) is 42.0 Å². The number of rotatable bonds is 2. The van der Waals surface area contributed by atoms with E-state index in [9.17, 15) is 14.7 Å². The molecule has 3 N–H and O–H groups in total. The molecule has 0 unspecified atom stereocenters. The topological polar surface area (TPSA) is 87.7 Å². The van der Waals surface area contributed by atoms with Gasteiger partial charge in [-0.15, -0.1) is 0 Å². The average Bonchev–Trinajstić information content (AvgIpc) is 2.66. The third-order valence-corrected chi connectivity index (χ3v) is 4.85. The first-order valence-corrected chi connectivity index (χ1v) is 8.93. The first-order chi connectivity index (χ1) is 13.0. The van der Waals surface area contributed by atoms with Crippen molar-refractivity contribution in [1.29, 1.82) is 0 Å². The van der Waals surface area contributed by atoms with Crippen LogP contribution in [0.2, 0.25) is 0 Å². The summed E-state index contributed by atoms with van der Waals surface area (Å²) < 4.78 is 6.02. The highest BCUT2D eigenvalue weighted by Crippen LogP contribution is 2.47. The summed E-state index contributed by atoms with van der Waals surface area (Å²) in [5.41, 5.74) is 5.11. The molecule has 0 radical (unpaired) electrons. The molecule has 0 atom stereocenters. The van der Waals surface area contributed by atoms with E-state index in [1.165, 1.54) is 12.5 Å². The van der Waals surface area contributed by atoms with E-state index in [-0.39, 0.29) is 11.5 Å². The first kappa shape index (κ1) is 17.3. The van der Waals surface area contributed by atoms with E-state index in [2.05, 4.69) is 10.6 Å². The minimum atomic E-state index is -0.982. The quantitative estimate of drug-likeness (QED) is 0.646. The highest BCUT2D eigenvalue weighted by Gasteiger charge is 2.26. The van der Waals surface area contributed by atoms with Gasteiger partial charge in [0.05, 0.1) is 5.56 Å². The number of hydrogen-bond donors (Lipinski definition) is 3. The fraction of sp³-hybridized carbons (Fsp3) is 0.238. The van der Waals surface area contributed by atoms with Crippen LogP contribution in [-0.2, 0) is 4.79 Å². The SMILES string of the molecule is CC(=O)Nc1ccc2c(c1)C(=C1CCNCC1)c1ccc(C(=O)O)cc1O2. The number of aromatic carboxylic acids is 1. The summed E-state index contributed by atoms with van der Waals surface area (Å²) in [7, 11) is 0. The lowest BCUT2D eigenvalue weighted by Crippen LogP contribution is -2.24. The van der Waals surface area contributed by atoms with Crippen molar-refractivity contribution in [2.45, 2.75) is 19.8 Å². The second-order valence-corrected chi connectivity index (χ2v) is 6.74. The van der Waals surface area contributed by atoms with Gasteiger partial charge in [0.25, 0.3) is 0 Å². The number of benzene rings is 2. The van der Waals surface area contributed by atoms with E-state index < -0.39 is 5.97 Å². The zero-order valence-corrected chi connectivity index (χ0v) is 15.0. The van der Waals surface area contributed by atoms with Crippen molar-refractivity contribution >= 4 is 23.1 Å². The Morgan fingerprint density at radius 1 is 1.04 bits per heavy atom. The van der Waals surface area contributed by atoms with Crippen molar-refractivity contribution in [2.75, 3.05) is 18.4 Å². The molecule has 4 rings (SSSR count). The fourth-order valence-corrected chi connectivity index (χ4v) is 3.66. The van der Waals surface area contributed by atoms with Crippen LogP contribution in [0.5, 0.6) is 11.5 Å². The van der Waals surface area contributed by atoms with Gasteiger partial charge in [-0.25, -0.2) is 4.79 Å². The van der Waals surface area contributed by atoms with Crippen molar-refractivity contribution < 1.29 is 19.4 Å². The number of nitrogens with one attached hydrogen (secondary N) is 2. The van der Waals surface area contributed by atoms with Gasteiger partial charge in [0.15, 0.2) is 0 Å². The molecule has 2 aromatic carbocycles. The zero-order chi connectivity index (χ0) is 19.0. The summed E-state index contributed by atoms with van der Waals surface area (Å²) in [4.78, 5) is 22.8. The average molecular weight is 364 g/mol. The molecule has 1 amide bonds. The Morgan fingerprint density at radius 2 is 1.81 bits per heavy atom. The number of piperidine rings is 1. The predicted octanol–water partition coefficient (Wildman–Crippen LogP) is 3.63. The maximum Gasteiger partial charge on any atom is 0.335 e. The van der Waals surface area contributed by atoms with Crippen molar-refractivity contribution in [3.63, 3.8) is 0 Å². The Hall–Kier alpha value is -3.12. The second-order valence-electron chi connectivity index (χ2n) is 6.74. The van der Waals surface area contributed by atoms with Gasteiger partial charge in [0.1, 0.15) is 11.5 Å². The van der Waals surface area contributed by atoms with Gasteiger partial charge < -0.3 is 20.5 Å². The number of amides is 1. The van der Waals surface area contributed by atoms with Gasteiger partial charge in [-0.1, -0.05) is 5.57 Å². The monoisotopic (exact) mass is 364 g/mol. The second kappa shape index (κ2) is 6.89. The molecule has 6 heteroatoms. The molecular weight excluding hydrogens is 344 g/mol. The molecule has 2 aromatic rings. The van der Waals surface area contributed by atoms with E-state index in [1.54, 1.807) is 18.2 Å². The van der Waals surface area contributed by atoms with Gasteiger partial charge in [-0.05, 0) is 67.9 Å². The van der Waals surface area contributed by atoms with Crippen LogP contribution in [0.3, 0.4) is 0 Å². The van der Waals surface area contributed by atoms with Crippen molar-refractivity contribution in [3.05, 3.63) is 58.7 Å². The van der Waals surface area contributed by atoms with Crippen LogP contribution in [0.25, 0.3) is 5.57 Å². The van der Waals surface area contributed by atoms with Crippen LogP contribution in [0.1, 0.15) is 41.3 Å². The fourth-order valence-electron chi connectivity index (χ4n) is 3.66. The number of carbonyl (C=O) groups excluding carboxylic acids is 1. The Balaban J connectivity index is 1.90. The summed E-state index contributed by atoms with van der Waals surface area (Å²) in [6, 6.07) is 10.5. The Kier molecular flexibility index (Phi) is 4.41. The molecule has 1 saturated heterocycles. The highest BCUT2D eigenvalue weighted by atomic mass is 16.5. The molecule has 6 nitrogen and oxygen atoms in total. The first-order valence-electron chi connectivity index (χ1n) is 8.93. The van der Waals surface area contributed by atoms with Crippen molar-refractivity contribution in [3.8, 4) is 11.5 Å². The van der Waals surface area contributed by atoms with Crippen molar-refractivity contribution in [2.24, 2.45) is 0 Å². The summed E-state index contributed by atoms with van der Waals surface area (Å²) in [5, 5.41) is 15.5. The number of carboxylic acid groups (broad SMARTS) is 1. The van der Waals surface area contributed by atoms with E-state index >= 15 is 0 Å². The molecule has 1 fully saturated rings. The predicted molar refractivity (Wildman–Crippen MR) is 102 cm³/mol. The standard InChI is InChI=1S/C21H20N2O4/c1-12(24)23-15-3-5-18-17(11-15)20(13-6-8-22-9-7-13)16-4-2-14(21(25)26)10-19(16)27-18/h2-5,10-11,22H,6-9H2,1H3,(H,23,24)(H,25,26). The van der Waals surface area contributed by atoms with Crippen LogP contribution in [0, 0.1) is 0 Å². The highest BCUT2D eigenvalue weighted by molar-refractivity contribution is 5.95. The maximum absolute atomic E-state index is 11.4. The van der Waals surface area contributed by atoms with Crippen LogP contribution < -0.4 is 15.4 Å². The van der Waals surface area contributed by atoms with Crippen LogP contribution in [-0.4, -0.2) is 30.1 Å². The smallest absolute Gasteiger partial charge is 0.335 e. The number of fused-ring (bicyclic) bond motifs is 2. The summed E-state index contributed by atoms with van der Waals surface area (Å²) in [6.07, 6.45) is 1.83. The molecule has 138 valence electrons. The third-order valence-electron chi connectivity index (χ3n) is 4.85. The van der Waals surface area contributed by atoms with Crippen molar-refractivity contribution in [1.82, 2.24) is 5.32 Å². The summed E-state index contributed by atoms with van der Waals surface area (Å²) >= 11 is 0. The number of carboxylic acids is 1. The van der Waals surface area contributed by atoms with Gasteiger partial charge in [0.2, 0.25) is 5.91 Å². The number of anilines is 1. The van der Waals surface area contributed by atoms with E-state index in [0.717, 1.165) is 42.6 Å². The summed E-state index contributed by atoms with van der Waals surface area (Å²) in [5.74, 6) is 0.106. The van der Waals surface area contributed by atoms with E-state index in [0.29, 0.717) is 17.2 Å². The zero-order valence-electron chi connectivity index (χ0n) is 15.0. The lowest BCUT2D eigenvalue weighted by molar-refractivity contribution is -0.114. The Morgan fingerprint density at radius 3 is 2.52 bits per heavy atom. The van der Waals surface area contributed by atoms with Crippen LogP contribution >= 0.6 is 0 Å². The van der Waals surface area contributed by atoms with E-state index in [4.69, 9.17) is 4.74 Å². The molecule has 0 aliphatic carbocycles. The van der Waals surface area contributed by atoms with Crippen LogP contribution in [0.4, 0.5) is 5.69 Å². The molecule has 2 aliphatic rings. The molecular formula is C21H20N2O4. The van der Waals surface area contributed by atoms with Gasteiger partial charge in [-0.3, -0.25) is 4.79 Å². The van der Waals surface area contributed by atoms with E-state index in [1.807, 2.05) is 18.2 Å². The minimum Gasteiger partial charge on any atom is -0.478 e. The largest absolute Gasteiger partial charge is 0.478 e. The Labute approximate surface area is 156 Å². The molecule has 2 aliphatic heterocycles. The molecule has 0 saturated carbocycles. The third kappa shape index (κ3) is 3.31. The van der Waals surface area contributed by atoms with Gasteiger partial charge >= 0.3 is 5.97 Å². The Bertz CT molecular complexity index is 970. The molecule has 0 aromatic heterocycles.